The molecule has 3 rings (SSSR count). The fraction of sp³-hybridized carbons (Fsp3) is 0. The van der Waals surface area contributed by atoms with Crippen molar-refractivity contribution >= 4 is 11.0 Å². The Kier molecular flexibility index (Phi) is 1.90. The minimum atomic E-state index is -0.122. The van der Waals surface area contributed by atoms with Gasteiger partial charge in [-0.25, -0.2) is 0 Å². The Bertz CT molecular complexity index is 680. The minimum absolute atomic E-state index is 0.122. The number of furan rings is 1. The third-order valence-corrected chi connectivity index (χ3v) is 2.59. The highest BCUT2D eigenvalue weighted by molar-refractivity contribution is 5.91. The number of pyridine rings is 1. The molecule has 2 aromatic heterocycles. The van der Waals surface area contributed by atoms with Gasteiger partial charge in [-0.2, -0.15) is 0 Å². The summed E-state index contributed by atoms with van der Waals surface area (Å²) in [5.74, 6) is 0. The molecule has 0 saturated heterocycles. The maximum Gasteiger partial charge on any atom is 0.259 e. The smallest absolute Gasteiger partial charge is 0.259 e. The van der Waals surface area contributed by atoms with Gasteiger partial charge >= 0.3 is 0 Å². The molecule has 0 radical (unpaired) electrons. The first-order valence-electron chi connectivity index (χ1n) is 5.00. The zero-order valence-corrected chi connectivity index (χ0v) is 8.44. The molecule has 0 unspecified atom stereocenters. The van der Waals surface area contributed by atoms with E-state index in [-0.39, 0.29) is 5.56 Å². The Morgan fingerprint density at radius 3 is 2.69 bits per heavy atom. The molecule has 0 bridgehead atoms. The van der Waals surface area contributed by atoms with Gasteiger partial charge in [-0.3, -0.25) is 4.79 Å². The Labute approximate surface area is 91.3 Å². The molecule has 0 saturated carbocycles. The van der Waals surface area contributed by atoms with E-state index >= 15 is 0 Å². The highest BCUT2D eigenvalue weighted by Gasteiger charge is 2.08. The average molecular weight is 211 g/mol. The molecular weight excluding hydrogens is 202 g/mol. The van der Waals surface area contributed by atoms with E-state index in [9.17, 15) is 4.79 Å². The molecule has 0 amide bonds. The molecule has 0 aliphatic heterocycles. The molecule has 3 aromatic rings. The average Bonchev–Trinajstić information content (AvgIpc) is 2.81. The maximum absolute atomic E-state index is 11.5. The number of benzene rings is 1. The van der Waals surface area contributed by atoms with Gasteiger partial charge in [0.15, 0.2) is 0 Å². The number of aromatic amines is 1. The largest absolute Gasteiger partial charge is 0.463 e. The van der Waals surface area contributed by atoms with Crippen LogP contribution >= 0.6 is 0 Å². The second kappa shape index (κ2) is 3.38. The Balaban J connectivity index is 2.37. The number of H-pyrrole nitrogens is 1. The first-order chi connectivity index (χ1) is 7.86. The Morgan fingerprint density at radius 2 is 1.88 bits per heavy atom. The van der Waals surface area contributed by atoms with Gasteiger partial charge in [0.25, 0.3) is 5.56 Å². The van der Waals surface area contributed by atoms with Crippen LogP contribution in [0.2, 0.25) is 0 Å². The van der Waals surface area contributed by atoms with E-state index in [0.717, 1.165) is 11.1 Å². The first-order valence-corrected chi connectivity index (χ1v) is 5.00. The van der Waals surface area contributed by atoms with Crippen LogP contribution in [-0.4, -0.2) is 4.98 Å². The molecule has 3 heteroatoms. The fourth-order valence-electron chi connectivity index (χ4n) is 1.81. The molecule has 0 aliphatic rings. The van der Waals surface area contributed by atoms with Gasteiger partial charge in [-0.1, -0.05) is 30.3 Å². The van der Waals surface area contributed by atoms with Crippen molar-refractivity contribution < 1.29 is 4.42 Å². The number of nitrogens with one attached hydrogen (secondary N) is 1. The fourth-order valence-corrected chi connectivity index (χ4v) is 1.81. The van der Waals surface area contributed by atoms with Crippen LogP contribution in [0.25, 0.3) is 22.1 Å². The molecule has 1 N–H and O–H groups in total. The van der Waals surface area contributed by atoms with Crippen LogP contribution in [0.15, 0.2) is 58.1 Å². The summed E-state index contributed by atoms with van der Waals surface area (Å²) < 4.78 is 5.36. The molecule has 16 heavy (non-hydrogen) atoms. The van der Waals surface area contributed by atoms with E-state index < -0.39 is 0 Å². The van der Waals surface area contributed by atoms with Gasteiger partial charge in [-0.15, -0.1) is 0 Å². The molecule has 0 atom stereocenters. The Morgan fingerprint density at radius 1 is 1.06 bits per heavy atom. The molecule has 2 heterocycles. The van der Waals surface area contributed by atoms with E-state index in [1.807, 2.05) is 30.3 Å². The summed E-state index contributed by atoms with van der Waals surface area (Å²) >= 11 is 0. The van der Waals surface area contributed by atoms with E-state index in [1.54, 1.807) is 12.3 Å². The van der Waals surface area contributed by atoms with Crippen LogP contribution in [0.4, 0.5) is 0 Å². The number of aromatic nitrogens is 1. The second-order valence-corrected chi connectivity index (χ2v) is 3.56. The summed E-state index contributed by atoms with van der Waals surface area (Å²) in [6.45, 7) is 0. The predicted octanol–water partition coefficient (Wildman–Crippen LogP) is 2.79. The quantitative estimate of drug-likeness (QED) is 0.672. The van der Waals surface area contributed by atoms with E-state index in [2.05, 4.69) is 4.98 Å². The van der Waals surface area contributed by atoms with Crippen molar-refractivity contribution in [3.63, 3.8) is 0 Å². The summed E-state index contributed by atoms with van der Waals surface area (Å²) in [4.78, 5) is 14.2. The molecule has 1 aromatic carbocycles. The van der Waals surface area contributed by atoms with Crippen LogP contribution in [-0.2, 0) is 0 Å². The van der Waals surface area contributed by atoms with E-state index in [4.69, 9.17) is 4.42 Å². The summed E-state index contributed by atoms with van der Waals surface area (Å²) in [5.41, 5.74) is 2.44. The number of fused-ring (bicyclic) bond motifs is 1. The van der Waals surface area contributed by atoms with Crippen molar-refractivity contribution in [2.24, 2.45) is 0 Å². The zero-order valence-electron chi connectivity index (χ0n) is 8.44. The number of hydrogen-bond acceptors (Lipinski definition) is 2. The molecule has 0 aliphatic carbocycles. The van der Waals surface area contributed by atoms with Gasteiger partial charge in [0, 0.05) is 11.8 Å². The van der Waals surface area contributed by atoms with Crippen LogP contribution < -0.4 is 5.56 Å². The topological polar surface area (TPSA) is 46.0 Å². The monoisotopic (exact) mass is 211 g/mol. The molecule has 0 spiro atoms. The highest BCUT2D eigenvalue weighted by atomic mass is 16.3. The van der Waals surface area contributed by atoms with Crippen molar-refractivity contribution in [3.8, 4) is 11.1 Å². The molecular formula is C13H9NO2. The predicted molar refractivity (Wildman–Crippen MR) is 62.3 cm³/mol. The van der Waals surface area contributed by atoms with E-state index in [0.29, 0.717) is 11.0 Å². The van der Waals surface area contributed by atoms with Crippen molar-refractivity contribution in [2.75, 3.05) is 0 Å². The normalized spacial score (nSPS) is 10.8. The lowest BCUT2D eigenvalue weighted by atomic mass is 10.1. The minimum Gasteiger partial charge on any atom is -0.463 e. The lowest BCUT2D eigenvalue weighted by Gasteiger charge is -2.01. The molecule has 78 valence electrons. The van der Waals surface area contributed by atoms with Gasteiger partial charge in [0.2, 0.25) is 0 Å². The number of rotatable bonds is 1. The zero-order chi connectivity index (χ0) is 11.0. The molecule has 0 fully saturated rings. The van der Waals surface area contributed by atoms with Gasteiger partial charge < -0.3 is 9.40 Å². The lowest BCUT2D eigenvalue weighted by Crippen LogP contribution is -2.03. The van der Waals surface area contributed by atoms with Gasteiger partial charge in [0.1, 0.15) is 5.58 Å². The summed E-state index contributed by atoms with van der Waals surface area (Å²) in [6.07, 6.45) is 3.22. The SMILES string of the molecule is O=c1[nH]cc(-c2ccccc2)c2occc12. The maximum atomic E-state index is 11.5. The van der Waals surface area contributed by atoms with Crippen molar-refractivity contribution in [1.82, 2.24) is 4.98 Å². The molecule has 3 nitrogen and oxygen atoms in total. The summed E-state index contributed by atoms with van der Waals surface area (Å²) in [6, 6.07) is 11.5. The van der Waals surface area contributed by atoms with E-state index in [1.165, 1.54) is 6.26 Å². The van der Waals surface area contributed by atoms with Crippen LogP contribution in [0.3, 0.4) is 0 Å². The van der Waals surface area contributed by atoms with Gasteiger partial charge in [0.05, 0.1) is 11.6 Å². The van der Waals surface area contributed by atoms with Crippen LogP contribution in [0, 0.1) is 0 Å². The van der Waals surface area contributed by atoms with Crippen molar-refractivity contribution in [2.45, 2.75) is 0 Å². The summed E-state index contributed by atoms with van der Waals surface area (Å²) in [5, 5.41) is 0.585. The van der Waals surface area contributed by atoms with Crippen LogP contribution in [0.5, 0.6) is 0 Å². The van der Waals surface area contributed by atoms with Crippen molar-refractivity contribution in [1.29, 1.82) is 0 Å². The second-order valence-electron chi connectivity index (χ2n) is 3.56. The third kappa shape index (κ3) is 1.26. The standard InChI is InChI=1S/C13H9NO2/c15-13-10-6-7-16-12(10)11(8-14-13)9-4-2-1-3-5-9/h1-8H,(H,14,15). The first kappa shape index (κ1) is 8.97. The lowest BCUT2D eigenvalue weighted by molar-refractivity contribution is 0.616. The van der Waals surface area contributed by atoms with Crippen LogP contribution in [0.1, 0.15) is 0 Å². The highest BCUT2D eigenvalue weighted by Crippen LogP contribution is 2.26. The number of hydrogen-bond donors (Lipinski definition) is 1. The Hall–Kier alpha value is -2.29. The third-order valence-electron chi connectivity index (χ3n) is 2.59. The van der Waals surface area contributed by atoms with Crippen molar-refractivity contribution in [3.05, 3.63) is 59.2 Å². The van der Waals surface area contributed by atoms with Gasteiger partial charge in [-0.05, 0) is 11.6 Å². The summed E-state index contributed by atoms with van der Waals surface area (Å²) in [7, 11) is 0.